The lowest BCUT2D eigenvalue weighted by Gasteiger charge is -1.79. The van der Waals surface area contributed by atoms with Crippen LogP contribution < -0.4 is 0 Å². The van der Waals surface area contributed by atoms with Gasteiger partial charge in [0.05, 0.1) is 5.69 Å². The van der Waals surface area contributed by atoms with Gasteiger partial charge in [-0.3, -0.25) is 0 Å². The quantitative estimate of drug-likeness (QED) is 0.681. The first-order valence-corrected chi connectivity index (χ1v) is 3.66. The zero-order chi connectivity index (χ0) is 8.55. The van der Waals surface area contributed by atoms with Gasteiger partial charge >= 0.3 is 0 Å². The van der Waals surface area contributed by atoms with Gasteiger partial charge in [0.25, 0.3) is 10.7 Å². The van der Waals surface area contributed by atoms with E-state index in [4.69, 9.17) is 21.2 Å². The van der Waals surface area contributed by atoms with Crippen LogP contribution in [0.25, 0.3) is 11.7 Å². The number of aromatic nitrogens is 3. The number of nitrogens with one attached hydrogen (secondary N) is 1. The number of hydrogen-bond donors (Lipinski definition) is 1. The first-order chi connectivity index (χ1) is 5.75. The van der Waals surface area contributed by atoms with Crippen molar-refractivity contribution in [1.82, 2.24) is 15.4 Å². The fourth-order valence-electron chi connectivity index (χ4n) is 0.800. The minimum atomic E-state index is 0.221. The molecule has 5 nitrogen and oxygen atoms in total. The van der Waals surface area contributed by atoms with E-state index >= 15 is 0 Å². The average Bonchev–Trinajstić information content (AvgIpc) is 2.58. The Labute approximate surface area is 72.4 Å². The van der Waals surface area contributed by atoms with Crippen LogP contribution in [0.3, 0.4) is 0 Å². The first kappa shape index (κ1) is 7.23. The van der Waals surface area contributed by atoms with Crippen molar-refractivity contribution >= 4 is 12.2 Å². The highest BCUT2D eigenvalue weighted by molar-refractivity contribution is 7.71. The van der Waals surface area contributed by atoms with Gasteiger partial charge in [-0.2, -0.15) is 0 Å². The van der Waals surface area contributed by atoms with Gasteiger partial charge in [-0.05, 0) is 19.1 Å². The molecule has 2 aromatic heterocycles. The molecule has 0 saturated carbocycles. The largest absolute Gasteiger partial charge is 0.406 e. The summed E-state index contributed by atoms with van der Waals surface area (Å²) in [6.45, 7) is 1.81. The average molecular weight is 183 g/mol. The van der Waals surface area contributed by atoms with Crippen LogP contribution in [0.5, 0.6) is 0 Å². The molecule has 0 saturated heterocycles. The molecule has 0 fully saturated rings. The normalized spacial score (nSPS) is 10.4. The molecule has 12 heavy (non-hydrogen) atoms. The Morgan fingerprint density at radius 1 is 1.58 bits per heavy atom. The van der Waals surface area contributed by atoms with E-state index in [2.05, 4.69) is 15.4 Å². The van der Waals surface area contributed by atoms with Crippen LogP contribution in [0.1, 0.15) is 5.69 Å². The zero-order valence-electron chi connectivity index (χ0n) is 6.20. The third kappa shape index (κ3) is 1.16. The third-order valence-electron chi connectivity index (χ3n) is 1.28. The number of aromatic amines is 1. The Morgan fingerprint density at radius 2 is 2.42 bits per heavy atom. The molecule has 6 heteroatoms. The molecular weight excluding hydrogens is 178 g/mol. The van der Waals surface area contributed by atoms with Crippen molar-refractivity contribution < 1.29 is 8.94 Å². The van der Waals surface area contributed by atoms with E-state index in [0.29, 0.717) is 11.7 Å². The Morgan fingerprint density at radius 3 is 2.92 bits per heavy atom. The van der Waals surface area contributed by atoms with Crippen LogP contribution in [0, 0.1) is 11.8 Å². The SMILES string of the molecule is Cc1cc(-c2n[nH]c(=S)o2)on1. The maximum Gasteiger partial charge on any atom is 0.285 e. The molecular formula is C6H5N3O2S. The highest BCUT2D eigenvalue weighted by atomic mass is 32.1. The molecule has 0 radical (unpaired) electrons. The van der Waals surface area contributed by atoms with Crippen molar-refractivity contribution in [3.05, 3.63) is 16.6 Å². The molecule has 0 aliphatic heterocycles. The standard InChI is InChI=1S/C6H5N3O2S/c1-3-2-4(11-9-3)5-7-8-6(12)10-5/h2H,1H3,(H,8,12). The van der Waals surface area contributed by atoms with Gasteiger partial charge in [0.1, 0.15) is 0 Å². The van der Waals surface area contributed by atoms with Crippen LogP contribution in [-0.2, 0) is 0 Å². The van der Waals surface area contributed by atoms with E-state index in [-0.39, 0.29) is 4.84 Å². The van der Waals surface area contributed by atoms with E-state index in [0.717, 1.165) is 5.69 Å². The van der Waals surface area contributed by atoms with Crippen molar-refractivity contribution in [1.29, 1.82) is 0 Å². The first-order valence-electron chi connectivity index (χ1n) is 3.25. The number of H-pyrrole nitrogens is 1. The summed E-state index contributed by atoms with van der Waals surface area (Å²) in [5.74, 6) is 0.792. The van der Waals surface area contributed by atoms with Gasteiger partial charge in [0.2, 0.25) is 5.76 Å². The molecule has 0 unspecified atom stereocenters. The number of nitrogens with zero attached hydrogens (tertiary/aromatic N) is 2. The van der Waals surface area contributed by atoms with Gasteiger partial charge in [0.15, 0.2) is 0 Å². The summed E-state index contributed by atoms with van der Waals surface area (Å²) in [7, 11) is 0. The second-order valence-corrected chi connectivity index (χ2v) is 2.62. The van der Waals surface area contributed by atoms with E-state index in [1.165, 1.54) is 0 Å². The summed E-state index contributed by atoms with van der Waals surface area (Å²) in [5, 5.41) is 9.94. The second kappa shape index (κ2) is 2.56. The number of aryl methyl sites for hydroxylation is 1. The van der Waals surface area contributed by atoms with E-state index in [1.807, 2.05) is 6.92 Å². The fraction of sp³-hybridized carbons (Fsp3) is 0.167. The van der Waals surface area contributed by atoms with Gasteiger partial charge in [0, 0.05) is 6.07 Å². The molecule has 0 bridgehead atoms. The van der Waals surface area contributed by atoms with Crippen LogP contribution in [0.2, 0.25) is 0 Å². The molecule has 2 rings (SSSR count). The molecule has 0 amide bonds. The number of rotatable bonds is 1. The van der Waals surface area contributed by atoms with Crippen LogP contribution in [0.15, 0.2) is 15.0 Å². The van der Waals surface area contributed by atoms with Gasteiger partial charge in [-0.1, -0.05) is 5.16 Å². The van der Waals surface area contributed by atoms with Crippen molar-refractivity contribution in [2.75, 3.05) is 0 Å². The summed E-state index contributed by atoms with van der Waals surface area (Å²) in [6.07, 6.45) is 0. The minimum Gasteiger partial charge on any atom is -0.406 e. The molecule has 0 atom stereocenters. The molecule has 1 N–H and O–H groups in total. The molecule has 2 heterocycles. The molecule has 0 spiro atoms. The molecule has 2 aromatic rings. The van der Waals surface area contributed by atoms with E-state index in [9.17, 15) is 0 Å². The summed E-state index contributed by atoms with van der Waals surface area (Å²) in [4.78, 5) is 0.221. The van der Waals surface area contributed by atoms with Gasteiger partial charge < -0.3 is 8.94 Å². The van der Waals surface area contributed by atoms with Gasteiger partial charge in [-0.25, -0.2) is 5.10 Å². The monoisotopic (exact) mass is 183 g/mol. The predicted octanol–water partition coefficient (Wildman–Crippen LogP) is 1.70. The second-order valence-electron chi connectivity index (χ2n) is 2.25. The van der Waals surface area contributed by atoms with Crippen molar-refractivity contribution in [3.8, 4) is 11.7 Å². The van der Waals surface area contributed by atoms with Gasteiger partial charge in [-0.15, -0.1) is 5.10 Å². The smallest absolute Gasteiger partial charge is 0.285 e. The van der Waals surface area contributed by atoms with Crippen molar-refractivity contribution in [2.45, 2.75) is 6.92 Å². The summed E-state index contributed by atoms with van der Waals surface area (Å²) >= 11 is 4.69. The Kier molecular flexibility index (Phi) is 1.54. The molecule has 0 aliphatic carbocycles. The predicted molar refractivity (Wildman–Crippen MR) is 41.9 cm³/mol. The maximum absolute atomic E-state index is 5.00. The highest BCUT2D eigenvalue weighted by Crippen LogP contribution is 2.16. The zero-order valence-corrected chi connectivity index (χ0v) is 7.01. The Balaban J connectivity index is 2.50. The van der Waals surface area contributed by atoms with Crippen LogP contribution >= 0.6 is 12.2 Å². The maximum atomic E-state index is 5.00. The molecule has 0 aromatic carbocycles. The lowest BCUT2D eigenvalue weighted by atomic mass is 10.4. The van der Waals surface area contributed by atoms with E-state index in [1.54, 1.807) is 6.07 Å². The minimum absolute atomic E-state index is 0.221. The highest BCUT2D eigenvalue weighted by Gasteiger charge is 2.08. The van der Waals surface area contributed by atoms with Crippen molar-refractivity contribution in [2.24, 2.45) is 0 Å². The fourth-order valence-corrected chi connectivity index (χ4v) is 0.924. The summed E-state index contributed by atoms with van der Waals surface area (Å²) in [5.41, 5.74) is 0.772. The Bertz CT molecular complexity index is 441. The summed E-state index contributed by atoms with van der Waals surface area (Å²) < 4.78 is 9.89. The van der Waals surface area contributed by atoms with Crippen LogP contribution in [0.4, 0.5) is 0 Å². The van der Waals surface area contributed by atoms with E-state index < -0.39 is 0 Å². The topological polar surface area (TPSA) is 67.8 Å². The summed E-state index contributed by atoms with van der Waals surface area (Å²) in [6, 6.07) is 1.72. The van der Waals surface area contributed by atoms with Crippen molar-refractivity contribution in [3.63, 3.8) is 0 Å². The lowest BCUT2D eigenvalue weighted by molar-refractivity contribution is 0.409. The van der Waals surface area contributed by atoms with Crippen LogP contribution in [-0.4, -0.2) is 15.4 Å². The third-order valence-corrected chi connectivity index (χ3v) is 1.45. The molecule has 62 valence electrons. The lowest BCUT2D eigenvalue weighted by Crippen LogP contribution is -1.71. The number of hydrogen-bond acceptors (Lipinski definition) is 5. The Hall–Kier alpha value is -1.43. The molecule has 0 aliphatic rings.